The van der Waals surface area contributed by atoms with Crippen LogP contribution in [0, 0.1) is 5.92 Å². The lowest BCUT2D eigenvalue weighted by molar-refractivity contribution is -0.137. The molecule has 7 rings (SSSR count). The Balaban J connectivity index is 0.972. The van der Waals surface area contributed by atoms with Gasteiger partial charge < -0.3 is 9.80 Å². The van der Waals surface area contributed by atoms with Crippen molar-refractivity contribution in [1.82, 2.24) is 19.7 Å². The van der Waals surface area contributed by atoms with Crippen LogP contribution in [0.1, 0.15) is 34.3 Å². The van der Waals surface area contributed by atoms with Crippen LogP contribution in [0.5, 0.6) is 0 Å². The number of hydrogen-bond acceptors (Lipinski definition) is 4. The normalized spacial score (nSPS) is 18.0. The van der Waals surface area contributed by atoms with Crippen LogP contribution in [0.2, 0.25) is 0 Å². The zero-order valence-corrected chi connectivity index (χ0v) is 24.6. The number of benzene rings is 3. The van der Waals surface area contributed by atoms with Crippen molar-refractivity contribution in [2.45, 2.75) is 31.7 Å². The van der Waals surface area contributed by atoms with E-state index in [1.807, 2.05) is 77.7 Å². The van der Waals surface area contributed by atoms with Crippen molar-refractivity contribution in [1.29, 1.82) is 0 Å². The number of hydrogen-bond donors (Lipinski definition) is 0. The van der Waals surface area contributed by atoms with E-state index >= 15 is 0 Å². The molecule has 6 nitrogen and oxygen atoms in total. The summed E-state index contributed by atoms with van der Waals surface area (Å²) in [5.41, 5.74) is 6.98. The van der Waals surface area contributed by atoms with E-state index in [1.165, 1.54) is 11.1 Å². The molecule has 4 aromatic rings. The monoisotopic (exact) mass is 570 g/mol. The Morgan fingerprint density at radius 2 is 1.12 bits per heavy atom. The Labute approximate surface area is 254 Å². The Morgan fingerprint density at radius 1 is 0.605 bits per heavy atom. The van der Waals surface area contributed by atoms with Crippen molar-refractivity contribution in [3.8, 4) is 22.5 Å². The molecule has 3 heterocycles. The Bertz CT molecular complexity index is 1510. The molecule has 2 saturated heterocycles. The molecule has 0 atom stereocenters. The van der Waals surface area contributed by atoms with Crippen molar-refractivity contribution in [3.05, 3.63) is 114 Å². The van der Waals surface area contributed by atoms with Crippen LogP contribution in [0.4, 0.5) is 0 Å². The third-order valence-corrected chi connectivity index (χ3v) is 9.51. The van der Waals surface area contributed by atoms with Gasteiger partial charge in [-0.15, -0.1) is 0 Å². The number of rotatable bonds is 5. The van der Waals surface area contributed by atoms with E-state index in [1.54, 1.807) is 0 Å². The van der Waals surface area contributed by atoms with Crippen molar-refractivity contribution in [3.63, 3.8) is 0 Å². The van der Waals surface area contributed by atoms with Crippen molar-refractivity contribution in [2.75, 3.05) is 39.3 Å². The van der Waals surface area contributed by atoms with E-state index < -0.39 is 0 Å². The molecule has 3 aromatic carbocycles. The van der Waals surface area contributed by atoms with Crippen molar-refractivity contribution >= 4 is 11.8 Å². The van der Waals surface area contributed by atoms with Crippen molar-refractivity contribution < 1.29 is 9.59 Å². The molecule has 0 saturated carbocycles. The molecular weight excluding hydrogens is 532 g/mol. The lowest BCUT2D eigenvalue weighted by Gasteiger charge is -2.43. The molecule has 0 radical (unpaired) electrons. The number of nitrogens with zero attached hydrogens (tertiary/aromatic N) is 4. The van der Waals surface area contributed by atoms with Gasteiger partial charge in [0.25, 0.3) is 5.91 Å². The summed E-state index contributed by atoms with van der Waals surface area (Å²) < 4.78 is 0. The summed E-state index contributed by atoms with van der Waals surface area (Å²) in [5, 5.41) is 0. The van der Waals surface area contributed by atoms with E-state index in [9.17, 15) is 9.59 Å². The molecule has 0 N–H and O–H groups in total. The first-order valence-electron chi connectivity index (χ1n) is 15.6. The molecule has 0 spiro atoms. The minimum Gasteiger partial charge on any atom is -0.342 e. The maximum atomic E-state index is 13.8. The second kappa shape index (κ2) is 12.1. The summed E-state index contributed by atoms with van der Waals surface area (Å²) in [7, 11) is 0. The van der Waals surface area contributed by atoms with Gasteiger partial charge in [-0.3, -0.25) is 14.5 Å². The van der Waals surface area contributed by atoms with Crippen LogP contribution in [-0.2, 0) is 17.6 Å². The smallest absolute Gasteiger partial charge is 0.254 e. The summed E-state index contributed by atoms with van der Waals surface area (Å²) >= 11 is 0. The summed E-state index contributed by atoms with van der Waals surface area (Å²) in [6.45, 7) is 4.81. The number of piperidine rings is 1. The van der Waals surface area contributed by atoms with Crippen LogP contribution >= 0.6 is 0 Å². The fraction of sp³-hybridized carbons (Fsp3) is 0.324. The number of likely N-dealkylation sites (tertiary alicyclic amines) is 1. The van der Waals surface area contributed by atoms with Gasteiger partial charge in [-0.2, -0.15) is 0 Å². The zero-order chi connectivity index (χ0) is 29.2. The molecule has 1 aliphatic carbocycles. The highest BCUT2D eigenvalue weighted by molar-refractivity contribution is 5.96. The first-order valence-corrected chi connectivity index (χ1v) is 15.6. The molecule has 2 aliphatic heterocycles. The van der Waals surface area contributed by atoms with Gasteiger partial charge in [-0.25, -0.2) is 4.98 Å². The maximum absolute atomic E-state index is 13.8. The summed E-state index contributed by atoms with van der Waals surface area (Å²) in [4.78, 5) is 38.7. The molecular formula is C37H38N4O2. The number of aromatic nitrogens is 1. The standard InChI is InChI=1S/C37H38N4O2/c42-36(31-23-29-13-7-8-14-30(29)24-31)40-17-15-33(16-18-40)39-19-21-41(22-20-39)37(43)32-25-34(27-9-3-1-4-10-27)38-35(26-32)28-11-5-2-6-12-28/h1-14,25-26,31,33H,15-24H2. The minimum atomic E-state index is 0.0642. The van der Waals surface area contributed by atoms with Crippen LogP contribution in [0.25, 0.3) is 22.5 Å². The summed E-state index contributed by atoms with van der Waals surface area (Å²) in [6, 6.07) is 33.0. The Morgan fingerprint density at radius 3 is 1.65 bits per heavy atom. The van der Waals surface area contributed by atoms with Gasteiger partial charge in [-0.1, -0.05) is 84.9 Å². The largest absolute Gasteiger partial charge is 0.342 e. The first-order chi connectivity index (χ1) is 21.1. The number of fused-ring (bicyclic) bond motifs is 1. The van der Waals surface area contributed by atoms with E-state index in [4.69, 9.17) is 4.98 Å². The Kier molecular flexibility index (Phi) is 7.77. The maximum Gasteiger partial charge on any atom is 0.254 e. The molecule has 0 unspecified atom stereocenters. The van der Waals surface area contributed by atoms with E-state index in [-0.39, 0.29) is 11.8 Å². The van der Waals surface area contributed by atoms with Gasteiger partial charge in [0.1, 0.15) is 0 Å². The van der Waals surface area contributed by atoms with E-state index in [0.29, 0.717) is 30.6 Å². The average molecular weight is 571 g/mol. The number of piperazine rings is 1. The van der Waals surface area contributed by atoms with Gasteiger partial charge in [-0.05, 0) is 48.9 Å². The topological polar surface area (TPSA) is 56.8 Å². The van der Waals surface area contributed by atoms with Crippen LogP contribution in [0.3, 0.4) is 0 Å². The molecule has 43 heavy (non-hydrogen) atoms. The molecule has 2 fully saturated rings. The Hall–Kier alpha value is -4.29. The lowest BCUT2D eigenvalue weighted by atomic mass is 9.98. The molecule has 218 valence electrons. The second-order valence-corrected chi connectivity index (χ2v) is 12.1. The molecule has 0 bridgehead atoms. The highest BCUT2D eigenvalue weighted by Gasteiger charge is 2.34. The SMILES string of the molecule is O=C(c1cc(-c2ccccc2)nc(-c2ccccc2)c1)N1CCN(C2CCN(C(=O)C3Cc4ccccc4C3)CC2)CC1. The number of amides is 2. The lowest BCUT2D eigenvalue weighted by Crippen LogP contribution is -2.55. The number of pyridine rings is 1. The number of carbonyl (C=O) groups excluding carboxylic acids is 2. The third kappa shape index (κ3) is 5.84. The van der Waals surface area contributed by atoms with E-state index in [2.05, 4.69) is 34.1 Å². The summed E-state index contributed by atoms with van der Waals surface area (Å²) in [6.07, 6.45) is 3.76. The summed E-state index contributed by atoms with van der Waals surface area (Å²) in [5.74, 6) is 0.489. The fourth-order valence-electron chi connectivity index (χ4n) is 7.08. The predicted molar refractivity (Wildman–Crippen MR) is 170 cm³/mol. The predicted octanol–water partition coefficient (Wildman–Crippen LogP) is 5.58. The minimum absolute atomic E-state index is 0.0642. The molecule has 2 amide bonds. The zero-order valence-electron chi connectivity index (χ0n) is 24.6. The second-order valence-electron chi connectivity index (χ2n) is 12.1. The van der Waals surface area contributed by atoms with E-state index in [0.717, 1.165) is 74.4 Å². The first kappa shape index (κ1) is 27.5. The van der Waals surface area contributed by atoms with Crippen LogP contribution in [0.15, 0.2) is 97.1 Å². The van der Waals surface area contributed by atoms with Crippen LogP contribution in [-0.4, -0.2) is 76.8 Å². The average Bonchev–Trinajstić information content (AvgIpc) is 3.53. The molecule has 3 aliphatic rings. The van der Waals surface area contributed by atoms with Crippen molar-refractivity contribution in [2.24, 2.45) is 5.92 Å². The molecule has 1 aromatic heterocycles. The van der Waals surface area contributed by atoms with Gasteiger partial charge in [0.15, 0.2) is 0 Å². The quantitative estimate of drug-likeness (QED) is 0.315. The number of carbonyl (C=O) groups is 2. The van der Waals surface area contributed by atoms with Gasteiger partial charge in [0, 0.05) is 67.9 Å². The van der Waals surface area contributed by atoms with Gasteiger partial charge in [0.2, 0.25) is 5.91 Å². The fourth-order valence-corrected chi connectivity index (χ4v) is 7.08. The highest BCUT2D eigenvalue weighted by Crippen LogP contribution is 2.30. The molecule has 6 heteroatoms. The van der Waals surface area contributed by atoms with Gasteiger partial charge >= 0.3 is 0 Å². The highest BCUT2D eigenvalue weighted by atomic mass is 16.2. The van der Waals surface area contributed by atoms with Crippen LogP contribution < -0.4 is 0 Å². The van der Waals surface area contributed by atoms with Gasteiger partial charge in [0.05, 0.1) is 11.4 Å². The third-order valence-electron chi connectivity index (χ3n) is 9.51.